The van der Waals surface area contributed by atoms with Crippen LogP contribution < -0.4 is 15.0 Å². The van der Waals surface area contributed by atoms with Crippen LogP contribution in [0.5, 0.6) is 5.75 Å². The Morgan fingerprint density at radius 2 is 2.19 bits per heavy atom. The zero-order valence-corrected chi connectivity index (χ0v) is 15.7. The van der Waals surface area contributed by atoms with E-state index in [4.69, 9.17) is 16.3 Å². The lowest BCUT2D eigenvalue weighted by Crippen LogP contribution is -2.41. The van der Waals surface area contributed by atoms with Crippen molar-refractivity contribution in [2.24, 2.45) is 5.92 Å². The van der Waals surface area contributed by atoms with Gasteiger partial charge in [-0.15, -0.1) is 10.2 Å². The second-order valence-corrected chi connectivity index (χ2v) is 6.96. The first-order chi connectivity index (χ1) is 13.2. The van der Waals surface area contributed by atoms with Crippen molar-refractivity contribution in [3.63, 3.8) is 0 Å². The molecular weight excluding hydrogens is 366 g/mol. The fourth-order valence-corrected chi connectivity index (χ4v) is 3.66. The normalized spacial score (nSPS) is 17.1. The number of benzene rings is 1. The van der Waals surface area contributed by atoms with Gasteiger partial charge in [-0.05, 0) is 43.2 Å². The van der Waals surface area contributed by atoms with E-state index in [0.29, 0.717) is 23.0 Å². The van der Waals surface area contributed by atoms with E-state index in [0.717, 1.165) is 31.0 Å². The van der Waals surface area contributed by atoms with Crippen LogP contribution in [-0.4, -0.2) is 40.7 Å². The molecule has 0 bridgehead atoms. The molecule has 27 heavy (non-hydrogen) atoms. The highest BCUT2D eigenvalue weighted by Crippen LogP contribution is 2.28. The molecule has 1 aromatic carbocycles. The van der Waals surface area contributed by atoms with Crippen LogP contribution >= 0.6 is 11.6 Å². The van der Waals surface area contributed by atoms with Crippen molar-refractivity contribution in [3.05, 3.63) is 47.6 Å². The second kappa shape index (κ2) is 7.44. The molecule has 1 fully saturated rings. The summed E-state index contributed by atoms with van der Waals surface area (Å²) in [6.45, 7) is 1.46. The van der Waals surface area contributed by atoms with Gasteiger partial charge in [0.15, 0.2) is 5.65 Å². The Morgan fingerprint density at radius 3 is 3.00 bits per heavy atom. The lowest BCUT2D eigenvalue weighted by Gasteiger charge is -2.32. The number of piperidine rings is 1. The standard InChI is InChI=1S/C19H20ClN5O2/c1-27-16-8-7-14(11-15(16)20)21-18(26)13-5-4-9-24(12-13)19-23-22-17-6-2-3-10-25(17)19/h2-3,6-8,10-11,13H,4-5,9,12H2,1H3,(H,21,26)/t13-/m1/s1. The van der Waals surface area contributed by atoms with E-state index in [9.17, 15) is 4.79 Å². The minimum absolute atomic E-state index is 0.0187. The molecule has 0 aliphatic carbocycles. The first-order valence-corrected chi connectivity index (χ1v) is 9.22. The molecule has 8 heteroatoms. The van der Waals surface area contributed by atoms with Gasteiger partial charge >= 0.3 is 0 Å². The van der Waals surface area contributed by atoms with Crippen molar-refractivity contribution < 1.29 is 9.53 Å². The van der Waals surface area contributed by atoms with Gasteiger partial charge in [-0.25, -0.2) is 0 Å². The maximum absolute atomic E-state index is 12.8. The van der Waals surface area contributed by atoms with E-state index in [1.807, 2.05) is 28.8 Å². The van der Waals surface area contributed by atoms with Gasteiger partial charge < -0.3 is 15.0 Å². The smallest absolute Gasteiger partial charge is 0.231 e. The van der Waals surface area contributed by atoms with Crippen LogP contribution in [0.25, 0.3) is 5.65 Å². The number of halogens is 1. The lowest BCUT2D eigenvalue weighted by atomic mass is 9.97. The quantitative estimate of drug-likeness (QED) is 0.746. The number of ether oxygens (including phenoxy) is 1. The Hall–Kier alpha value is -2.80. The molecule has 140 valence electrons. The zero-order chi connectivity index (χ0) is 18.8. The van der Waals surface area contributed by atoms with Crippen LogP contribution in [0, 0.1) is 5.92 Å². The molecule has 4 rings (SSSR count). The van der Waals surface area contributed by atoms with Gasteiger partial charge in [-0.1, -0.05) is 17.7 Å². The fourth-order valence-electron chi connectivity index (χ4n) is 3.41. The summed E-state index contributed by atoms with van der Waals surface area (Å²) in [6, 6.07) is 11.0. The summed E-state index contributed by atoms with van der Waals surface area (Å²) in [6.07, 6.45) is 3.69. The predicted molar refractivity (Wildman–Crippen MR) is 105 cm³/mol. The van der Waals surface area contributed by atoms with Crippen LogP contribution in [-0.2, 0) is 4.79 Å². The molecule has 0 radical (unpaired) electrons. The lowest BCUT2D eigenvalue weighted by molar-refractivity contribution is -0.120. The first kappa shape index (κ1) is 17.6. The van der Waals surface area contributed by atoms with E-state index >= 15 is 0 Å². The van der Waals surface area contributed by atoms with Crippen molar-refractivity contribution in [1.82, 2.24) is 14.6 Å². The molecule has 1 aliphatic heterocycles. The minimum Gasteiger partial charge on any atom is -0.495 e. The van der Waals surface area contributed by atoms with E-state index in [-0.39, 0.29) is 11.8 Å². The van der Waals surface area contributed by atoms with Gasteiger partial charge in [0.05, 0.1) is 18.1 Å². The molecule has 0 saturated carbocycles. The van der Waals surface area contributed by atoms with Crippen LogP contribution in [0.4, 0.5) is 11.6 Å². The van der Waals surface area contributed by atoms with Gasteiger partial charge in [-0.2, -0.15) is 0 Å². The molecular formula is C19H20ClN5O2. The number of carbonyl (C=O) groups is 1. The van der Waals surface area contributed by atoms with E-state index in [1.165, 1.54) is 0 Å². The van der Waals surface area contributed by atoms with Gasteiger partial charge in [0.2, 0.25) is 11.9 Å². The number of carbonyl (C=O) groups excluding carboxylic acids is 1. The highest BCUT2D eigenvalue weighted by Gasteiger charge is 2.28. The number of hydrogen-bond acceptors (Lipinski definition) is 5. The Labute approximate surface area is 161 Å². The number of aromatic nitrogens is 3. The molecule has 7 nitrogen and oxygen atoms in total. The minimum atomic E-state index is -0.129. The monoisotopic (exact) mass is 385 g/mol. The predicted octanol–water partition coefficient (Wildman–Crippen LogP) is 3.25. The molecule has 1 amide bonds. The number of hydrogen-bond donors (Lipinski definition) is 1. The molecule has 0 spiro atoms. The third kappa shape index (κ3) is 3.55. The summed E-state index contributed by atoms with van der Waals surface area (Å²) >= 11 is 6.14. The van der Waals surface area contributed by atoms with Gasteiger partial charge in [0, 0.05) is 25.0 Å². The average Bonchev–Trinajstić information content (AvgIpc) is 3.12. The number of anilines is 2. The van der Waals surface area contributed by atoms with Crippen molar-refractivity contribution in [3.8, 4) is 5.75 Å². The largest absolute Gasteiger partial charge is 0.495 e. The Kier molecular flexibility index (Phi) is 4.85. The van der Waals surface area contributed by atoms with Crippen LogP contribution in [0.3, 0.4) is 0 Å². The molecule has 1 atom stereocenters. The topological polar surface area (TPSA) is 71.8 Å². The summed E-state index contributed by atoms with van der Waals surface area (Å²) in [5, 5.41) is 11.9. The zero-order valence-electron chi connectivity index (χ0n) is 14.9. The van der Waals surface area contributed by atoms with E-state index < -0.39 is 0 Å². The number of fused-ring (bicyclic) bond motifs is 1. The van der Waals surface area contributed by atoms with Crippen LogP contribution in [0.1, 0.15) is 12.8 Å². The maximum Gasteiger partial charge on any atom is 0.231 e. The van der Waals surface area contributed by atoms with E-state index in [1.54, 1.807) is 25.3 Å². The summed E-state index contributed by atoms with van der Waals surface area (Å²) in [5.74, 6) is 1.21. The molecule has 3 aromatic rings. The van der Waals surface area contributed by atoms with Gasteiger partial charge in [-0.3, -0.25) is 9.20 Å². The number of amides is 1. The first-order valence-electron chi connectivity index (χ1n) is 8.85. The van der Waals surface area contributed by atoms with Crippen molar-refractivity contribution >= 4 is 34.8 Å². The van der Waals surface area contributed by atoms with Gasteiger partial charge in [0.1, 0.15) is 5.75 Å². The van der Waals surface area contributed by atoms with Crippen LogP contribution in [0.2, 0.25) is 5.02 Å². The summed E-state index contributed by atoms with van der Waals surface area (Å²) < 4.78 is 7.09. The van der Waals surface area contributed by atoms with Crippen molar-refractivity contribution in [1.29, 1.82) is 0 Å². The molecule has 0 unspecified atom stereocenters. The molecule has 2 aromatic heterocycles. The van der Waals surface area contributed by atoms with Crippen molar-refractivity contribution in [2.75, 3.05) is 30.4 Å². The number of methoxy groups -OCH3 is 1. The fraction of sp³-hybridized carbons (Fsp3) is 0.316. The molecule has 1 aliphatic rings. The Balaban J connectivity index is 1.48. The summed E-state index contributed by atoms with van der Waals surface area (Å²) in [5.41, 5.74) is 1.46. The third-order valence-corrected chi connectivity index (χ3v) is 5.09. The second-order valence-electron chi connectivity index (χ2n) is 6.55. The van der Waals surface area contributed by atoms with Gasteiger partial charge in [0.25, 0.3) is 0 Å². The molecule has 1 saturated heterocycles. The Morgan fingerprint density at radius 1 is 1.30 bits per heavy atom. The SMILES string of the molecule is COc1ccc(NC(=O)[C@@H]2CCCN(c3nnc4ccccn34)C2)cc1Cl. The molecule has 1 N–H and O–H groups in total. The number of nitrogens with zero attached hydrogens (tertiary/aromatic N) is 4. The summed E-state index contributed by atoms with van der Waals surface area (Å²) in [7, 11) is 1.56. The number of rotatable bonds is 4. The highest BCUT2D eigenvalue weighted by molar-refractivity contribution is 6.32. The van der Waals surface area contributed by atoms with E-state index in [2.05, 4.69) is 20.4 Å². The highest BCUT2D eigenvalue weighted by atomic mass is 35.5. The maximum atomic E-state index is 12.8. The summed E-state index contributed by atoms with van der Waals surface area (Å²) in [4.78, 5) is 14.9. The number of pyridine rings is 1. The molecule has 3 heterocycles. The third-order valence-electron chi connectivity index (χ3n) is 4.79. The van der Waals surface area contributed by atoms with Crippen molar-refractivity contribution in [2.45, 2.75) is 12.8 Å². The van der Waals surface area contributed by atoms with Crippen LogP contribution in [0.15, 0.2) is 42.6 Å². The Bertz CT molecular complexity index is 974. The number of nitrogens with one attached hydrogen (secondary N) is 1. The average molecular weight is 386 g/mol.